The molecule has 1 saturated heterocycles. The van der Waals surface area contributed by atoms with Gasteiger partial charge in [-0.05, 0) is 43.4 Å². The molecule has 3 unspecified atom stereocenters. The van der Waals surface area contributed by atoms with E-state index in [2.05, 4.69) is 13.8 Å². The van der Waals surface area contributed by atoms with Gasteiger partial charge in [-0.3, -0.25) is 0 Å². The summed E-state index contributed by atoms with van der Waals surface area (Å²) in [7, 11) is 0. The summed E-state index contributed by atoms with van der Waals surface area (Å²) in [6, 6.07) is 0. The molecule has 3 fully saturated rings. The number of hydrogen-bond donors (Lipinski definition) is 4. The molecule has 2 aliphatic carbocycles. The van der Waals surface area contributed by atoms with Crippen molar-refractivity contribution in [3.63, 3.8) is 0 Å². The van der Waals surface area contributed by atoms with Gasteiger partial charge >= 0.3 is 0 Å². The zero-order chi connectivity index (χ0) is 18.9. The molecule has 7 atom stereocenters. The summed E-state index contributed by atoms with van der Waals surface area (Å²) >= 11 is 0. The normalized spacial score (nSPS) is 44.3. The van der Waals surface area contributed by atoms with Crippen molar-refractivity contribution in [2.75, 3.05) is 6.61 Å². The van der Waals surface area contributed by atoms with E-state index in [4.69, 9.17) is 9.47 Å². The summed E-state index contributed by atoms with van der Waals surface area (Å²) in [5.41, 5.74) is 0.0676. The molecule has 6 nitrogen and oxygen atoms in total. The van der Waals surface area contributed by atoms with Gasteiger partial charge in [0.25, 0.3) is 0 Å². The molecule has 1 heterocycles. The van der Waals surface area contributed by atoms with E-state index in [0.717, 1.165) is 25.7 Å². The minimum absolute atomic E-state index is 0.0676. The van der Waals surface area contributed by atoms with Gasteiger partial charge in [0.1, 0.15) is 24.4 Å². The molecule has 6 heteroatoms. The second kappa shape index (κ2) is 8.41. The molecule has 1 aliphatic heterocycles. The third kappa shape index (κ3) is 4.42. The first-order valence-corrected chi connectivity index (χ1v) is 10.3. The van der Waals surface area contributed by atoms with Gasteiger partial charge in [-0.15, -0.1) is 0 Å². The molecule has 0 aromatic carbocycles. The van der Waals surface area contributed by atoms with Gasteiger partial charge in [-0.2, -0.15) is 0 Å². The Labute approximate surface area is 156 Å². The number of ether oxygens (including phenoxy) is 2. The Hall–Kier alpha value is -0.240. The lowest BCUT2D eigenvalue weighted by atomic mass is 9.77. The fraction of sp³-hybridized carbons (Fsp3) is 1.00. The van der Waals surface area contributed by atoms with Crippen LogP contribution in [0.15, 0.2) is 0 Å². The van der Waals surface area contributed by atoms with E-state index >= 15 is 0 Å². The first-order valence-electron chi connectivity index (χ1n) is 10.3. The van der Waals surface area contributed by atoms with Crippen molar-refractivity contribution in [2.45, 2.75) is 108 Å². The van der Waals surface area contributed by atoms with Crippen molar-refractivity contribution < 1.29 is 29.9 Å². The maximum atomic E-state index is 10.3. The fourth-order valence-corrected chi connectivity index (χ4v) is 5.12. The van der Waals surface area contributed by atoms with Gasteiger partial charge in [0, 0.05) is 0 Å². The number of aliphatic hydroxyl groups excluding tert-OH is 4. The van der Waals surface area contributed by atoms with Crippen molar-refractivity contribution >= 4 is 0 Å². The van der Waals surface area contributed by atoms with Gasteiger partial charge in [0.2, 0.25) is 0 Å². The molecule has 26 heavy (non-hydrogen) atoms. The van der Waals surface area contributed by atoms with Crippen LogP contribution in [0.2, 0.25) is 0 Å². The molecule has 0 spiro atoms. The molecule has 3 aliphatic rings. The molecular formula is C20H36O6. The first kappa shape index (κ1) is 20.5. The summed E-state index contributed by atoms with van der Waals surface area (Å²) in [6.45, 7) is 4.08. The molecule has 152 valence electrons. The Morgan fingerprint density at radius 2 is 1.58 bits per heavy atom. The van der Waals surface area contributed by atoms with Crippen LogP contribution >= 0.6 is 0 Å². The van der Waals surface area contributed by atoms with Gasteiger partial charge in [-0.1, -0.05) is 33.1 Å². The van der Waals surface area contributed by atoms with Gasteiger partial charge in [0.05, 0.1) is 24.9 Å². The number of rotatable bonds is 5. The first-order chi connectivity index (χ1) is 12.3. The quantitative estimate of drug-likeness (QED) is 0.582. The molecule has 4 N–H and O–H groups in total. The second-order valence-electron chi connectivity index (χ2n) is 9.25. The van der Waals surface area contributed by atoms with E-state index in [0.29, 0.717) is 18.4 Å². The van der Waals surface area contributed by atoms with Crippen molar-refractivity contribution in [1.82, 2.24) is 0 Å². The molecule has 0 aromatic rings. The van der Waals surface area contributed by atoms with Crippen LogP contribution in [0.25, 0.3) is 0 Å². The predicted octanol–water partition coefficient (Wildman–Crippen LogP) is 1.37. The van der Waals surface area contributed by atoms with Crippen LogP contribution in [-0.2, 0) is 9.47 Å². The summed E-state index contributed by atoms with van der Waals surface area (Å²) in [6.07, 6.45) is 4.18. The largest absolute Gasteiger partial charge is 0.394 e. The van der Waals surface area contributed by atoms with Crippen LogP contribution in [0, 0.1) is 11.3 Å². The molecule has 0 bridgehead atoms. The topological polar surface area (TPSA) is 99.4 Å². The maximum Gasteiger partial charge on any atom is 0.111 e. The van der Waals surface area contributed by atoms with Crippen molar-refractivity contribution in [2.24, 2.45) is 11.3 Å². The average molecular weight is 373 g/mol. The van der Waals surface area contributed by atoms with Crippen LogP contribution in [0.5, 0.6) is 0 Å². The summed E-state index contributed by atoms with van der Waals surface area (Å²) in [5.74, 6) is 0.303. The highest BCUT2D eigenvalue weighted by atomic mass is 16.5. The Balaban J connectivity index is 1.59. The lowest BCUT2D eigenvalue weighted by Crippen LogP contribution is -2.58. The lowest BCUT2D eigenvalue weighted by molar-refractivity contribution is -0.233. The molecule has 0 aromatic heterocycles. The van der Waals surface area contributed by atoms with E-state index in [9.17, 15) is 20.4 Å². The van der Waals surface area contributed by atoms with Crippen LogP contribution in [0.4, 0.5) is 0 Å². The summed E-state index contributed by atoms with van der Waals surface area (Å²) in [4.78, 5) is 0. The minimum atomic E-state index is -1.29. The molecule has 0 amide bonds. The van der Waals surface area contributed by atoms with Crippen LogP contribution in [-0.4, -0.2) is 69.8 Å². The van der Waals surface area contributed by atoms with Crippen molar-refractivity contribution in [3.8, 4) is 0 Å². The van der Waals surface area contributed by atoms with E-state index in [1.54, 1.807) is 0 Å². The van der Waals surface area contributed by atoms with Crippen LogP contribution in [0.3, 0.4) is 0 Å². The maximum absolute atomic E-state index is 10.3. The lowest BCUT2D eigenvalue weighted by Gasteiger charge is -2.42. The zero-order valence-electron chi connectivity index (χ0n) is 16.1. The summed E-state index contributed by atoms with van der Waals surface area (Å²) < 4.78 is 12.1. The van der Waals surface area contributed by atoms with E-state index in [1.807, 2.05) is 0 Å². The monoisotopic (exact) mass is 372 g/mol. The van der Waals surface area contributed by atoms with Gasteiger partial charge < -0.3 is 29.9 Å². The SMILES string of the molecule is CC1(C)CC(OC2CCCCC2)CC1CC1O[C@H](CO)[C@H](O)[C@H](O)[C@H]1O. The highest BCUT2D eigenvalue weighted by Crippen LogP contribution is 2.48. The standard InChI is InChI=1S/C20H36O6/c1-20(2)10-14(25-13-6-4-3-5-7-13)8-12(20)9-15-17(22)19(24)18(23)16(11-21)26-15/h12-19,21-24H,3-11H2,1-2H3/t12?,14?,15?,16-,17+,18+,19-/m1/s1. The summed E-state index contributed by atoms with van der Waals surface area (Å²) in [5, 5.41) is 39.7. The number of aliphatic hydroxyl groups is 4. The van der Waals surface area contributed by atoms with Crippen molar-refractivity contribution in [1.29, 1.82) is 0 Å². The smallest absolute Gasteiger partial charge is 0.111 e. The van der Waals surface area contributed by atoms with Crippen LogP contribution < -0.4 is 0 Å². The molecule has 3 rings (SSSR count). The molecule has 0 radical (unpaired) electrons. The minimum Gasteiger partial charge on any atom is -0.394 e. The van der Waals surface area contributed by atoms with Crippen LogP contribution in [0.1, 0.15) is 65.2 Å². The Morgan fingerprint density at radius 3 is 2.23 bits per heavy atom. The highest BCUT2D eigenvalue weighted by molar-refractivity contribution is 4.97. The third-order valence-corrected chi connectivity index (χ3v) is 6.85. The van der Waals surface area contributed by atoms with E-state index in [-0.39, 0.29) is 18.1 Å². The van der Waals surface area contributed by atoms with Gasteiger partial charge in [-0.25, -0.2) is 0 Å². The highest BCUT2D eigenvalue weighted by Gasteiger charge is 2.48. The Kier molecular flexibility index (Phi) is 6.63. The molecule has 2 saturated carbocycles. The number of hydrogen-bond acceptors (Lipinski definition) is 6. The third-order valence-electron chi connectivity index (χ3n) is 6.85. The second-order valence-corrected chi connectivity index (χ2v) is 9.25. The Morgan fingerprint density at radius 1 is 0.923 bits per heavy atom. The predicted molar refractivity (Wildman–Crippen MR) is 96.6 cm³/mol. The van der Waals surface area contributed by atoms with E-state index in [1.165, 1.54) is 19.3 Å². The molecular weight excluding hydrogens is 336 g/mol. The van der Waals surface area contributed by atoms with Crippen molar-refractivity contribution in [3.05, 3.63) is 0 Å². The van der Waals surface area contributed by atoms with Gasteiger partial charge in [0.15, 0.2) is 0 Å². The average Bonchev–Trinajstić information content (AvgIpc) is 2.89. The zero-order valence-corrected chi connectivity index (χ0v) is 16.1. The van der Waals surface area contributed by atoms with E-state index < -0.39 is 30.5 Å². The Bertz CT molecular complexity index is 448. The fourth-order valence-electron chi connectivity index (χ4n) is 5.12.